The van der Waals surface area contributed by atoms with Crippen LogP contribution in [0.15, 0.2) is 11.6 Å². The maximum atomic E-state index is 12.1. The highest BCUT2D eigenvalue weighted by molar-refractivity contribution is 5.75. The maximum Gasteiger partial charge on any atom is 0.309 e. The van der Waals surface area contributed by atoms with Gasteiger partial charge in [-0.1, -0.05) is 25.5 Å². The molecule has 7 atom stereocenters. The Morgan fingerprint density at radius 1 is 1.33 bits per heavy atom. The summed E-state index contributed by atoms with van der Waals surface area (Å²) in [6, 6.07) is 0. The quantitative estimate of drug-likeness (QED) is 0.417. The van der Waals surface area contributed by atoms with E-state index in [0.29, 0.717) is 0 Å². The number of epoxide rings is 1. The molecule has 0 bridgehead atoms. The van der Waals surface area contributed by atoms with Gasteiger partial charge in [0.2, 0.25) is 0 Å². The van der Waals surface area contributed by atoms with Crippen LogP contribution in [0.2, 0.25) is 0 Å². The van der Waals surface area contributed by atoms with Crippen LogP contribution in [0.5, 0.6) is 0 Å². The van der Waals surface area contributed by atoms with Crippen molar-refractivity contribution in [3.63, 3.8) is 0 Å². The van der Waals surface area contributed by atoms with Gasteiger partial charge in [-0.25, -0.2) is 0 Å². The Hall–Kier alpha value is -0.870. The third-order valence-electron chi connectivity index (χ3n) is 6.49. The first kappa shape index (κ1) is 17.9. The summed E-state index contributed by atoms with van der Waals surface area (Å²) >= 11 is 0. The lowest BCUT2D eigenvalue weighted by atomic mass is 9.79. The number of ether oxygens (including phenoxy) is 2. The van der Waals surface area contributed by atoms with E-state index < -0.39 is 6.10 Å². The number of hydrogen-bond donors (Lipinski definition) is 1. The van der Waals surface area contributed by atoms with Gasteiger partial charge in [0.15, 0.2) is 0 Å². The maximum absolute atomic E-state index is 12.1. The second-order valence-corrected chi connectivity index (χ2v) is 8.46. The Kier molecular flexibility index (Phi) is 5.08. The van der Waals surface area contributed by atoms with Crippen LogP contribution in [0.4, 0.5) is 0 Å². The van der Waals surface area contributed by atoms with Crippen LogP contribution >= 0.6 is 0 Å². The first-order valence-electron chi connectivity index (χ1n) is 9.54. The summed E-state index contributed by atoms with van der Waals surface area (Å²) in [5.41, 5.74) is 1.35. The molecule has 0 saturated carbocycles. The molecule has 0 aromatic rings. The largest absolute Gasteiger partial charge is 0.459 e. The van der Waals surface area contributed by atoms with E-state index >= 15 is 0 Å². The van der Waals surface area contributed by atoms with Crippen molar-refractivity contribution in [1.29, 1.82) is 0 Å². The molecule has 2 aliphatic heterocycles. The van der Waals surface area contributed by atoms with Gasteiger partial charge in [-0.15, -0.1) is 0 Å². The molecule has 3 rings (SSSR count). The van der Waals surface area contributed by atoms with Gasteiger partial charge < -0.3 is 14.6 Å². The van der Waals surface area contributed by atoms with Crippen LogP contribution in [0.3, 0.4) is 0 Å². The zero-order chi connectivity index (χ0) is 17.5. The van der Waals surface area contributed by atoms with Crippen LogP contribution in [0.1, 0.15) is 66.2 Å². The van der Waals surface area contributed by atoms with E-state index in [1.807, 2.05) is 6.92 Å². The summed E-state index contributed by atoms with van der Waals surface area (Å²) in [6.45, 7) is 8.36. The van der Waals surface area contributed by atoms with Gasteiger partial charge in [-0.3, -0.25) is 4.79 Å². The number of carbonyl (C=O) groups excluding carboxylic acids is 1. The van der Waals surface area contributed by atoms with E-state index in [0.717, 1.165) is 38.5 Å². The normalized spacial score (nSPS) is 49.2. The van der Waals surface area contributed by atoms with Gasteiger partial charge >= 0.3 is 5.97 Å². The molecule has 0 aromatic heterocycles. The molecule has 0 aromatic carbocycles. The summed E-state index contributed by atoms with van der Waals surface area (Å²) in [4.78, 5) is 12.1. The van der Waals surface area contributed by atoms with Crippen molar-refractivity contribution in [3.05, 3.63) is 11.6 Å². The van der Waals surface area contributed by atoms with Crippen molar-refractivity contribution < 1.29 is 19.4 Å². The zero-order valence-corrected chi connectivity index (χ0v) is 15.5. The zero-order valence-electron chi connectivity index (χ0n) is 15.5. The van der Waals surface area contributed by atoms with Crippen LogP contribution in [-0.4, -0.2) is 35.0 Å². The predicted octanol–water partition coefficient (Wildman–Crippen LogP) is 3.62. The lowest BCUT2D eigenvalue weighted by molar-refractivity contribution is -0.149. The van der Waals surface area contributed by atoms with Gasteiger partial charge in [0.1, 0.15) is 6.10 Å². The highest BCUT2D eigenvalue weighted by Gasteiger charge is 2.56. The number of esters is 1. The third-order valence-corrected chi connectivity index (χ3v) is 6.49. The molecule has 4 nitrogen and oxygen atoms in total. The standard InChI is InChI=1S/C20H32O4/c1-12-7-5-9-13(2)17(21)18-15(14(3)19(22)23-18)11-16-20(4,24-16)10-6-8-12/h8,13-18,21H,5-7,9-11H2,1-4H3/b12-8+/t13-,14-,15+,16-,17-,18-,20-/m1/s1. The minimum atomic E-state index is -0.582. The van der Waals surface area contributed by atoms with Gasteiger partial charge in [-0.2, -0.15) is 0 Å². The molecule has 2 heterocycles. The Labute approximate surface area is 145 Å². The average Bonchev–Trinajstić information content (AvgIpc) is 3.08. The van der Waals surface area contributed by atoms with Crippen LogP contribution < -0.4 is 0 Å². The molecule has 1 aliphatic carbocycles. The first-order chi connectivity index (χ1) is 11.3. The van der Waals surface area contributed by atoms with Crippen molar-refractivity contribution in [2.45, 2.75) is 90.1 Å². The summed E-state index contributed by atoms with van der Waals surface area (Å²) in [5, 5.41) is 10.8. The number of fused-ring (bicyclic) bond motifs is 2. The van der Waals surface area contributed by atoms with E-state index in [1.54, 1.807) is 0 Å². The molecule has 0 unspecified atom stereocenters. The smallest absolute Gasteiger partial charge is 0.309 e. The third kappa shape index (κ3) is 3.55. The molecule has 0 spiro atoms. The van der Waals surface area contributed by atoms with Crippen molar-refractivity contribution in [2.24, 2.45) is 17.8 Å². The van der Waals surface area contributed by atoms with Gasteiger partial charge in [0.05, 0.1) is 23.7 Å². The van der Waals surface area contributed by atoms with E-state index in [1.165, 1.54) is 5.57 Å². The molecule has 0 amide bonds. The van der Waals surface area contributed by atoms with Crippen molar-refractivity contribution in [1.82, 2.24) is 0 Å². The lowest BCUT2D eigenvalue weighted by Gasteiger charge is -2.28. The fourth-order valence-corrected chi connectivity index (χ4v) is 4.41. The summed E-state index contributed by atoms with van der Waals surface area (Å²) in [7, 11) is 0. The fourth-order valence-electron chi connectivity index (χ4n) is 4.41. The second kappa shape index (κ2) is 6.80. The molecule has 2 fully saturated rings. The Morgan fingerprint density at radius 2 is 2.08 bits per heavy atom. The number of aliphatic hydroxyl groups excluding tert-OH is 1. The predicted molar refractivity (Wildman–Crippen MR) is 92.4 cm³/mol. The Balaban J connectivity index is 1.78. The number of aliphatic hydroxyl groups is 1. The number of hydrogen-bond acceptors (Lipinski definition) is 4. The van der Waals surface area contributed by atoms with Gasteiger partial charge in [-0.05, 0) is 58.3 Å². The molecule has 3 aliphatic rings. The second-order valence-electron chi connectivity index (χ2n) is 8.46. The lowest BCUT2D eigenvalue weighted by Crippen LogP contribution is -2.38. The number of allylic oxidation sites excluding steroid dienone is 2. The molecule has 136 valence electrons. The van der Waals surface area contributed by atoms with Crippen molar-refractivity contribution in [2.75, 3.05) is 0 Å². The molecular formula is C20H32O4. The monoisotopic (exact) mass is 336 g/mol. The van der Waals surface area contributed by atoms with E-state index in [9.17, 15) is 9.90 Å². The van der Waals surface area contributed by atoms with Gasteiger partial charge in [0, 0.05) is 5.92 Å². The first-order valence-corrected chi connectivity index (χ1v) is 9.54. The topological polar surface area (TPSA) is 59.1 Å². The number of carbonyl (C=O) groups is 1. The Morgan fingerprint density at radius 3 is 2.83 bits per heavy atom. The van der Waals surface area contributed by atoms with Crippen LogP contribution in [-0.2, 0) is 14.3 Å². The average molecular weight is 336 g/mol. The molecule has 1 N–H and O–H groups in total. The van der Waals surface area contributed by atoms with Gasteiger partial charge in [0.25, 0.3) is 0 Å². The molecule has 24 heavy (non-hydrogen) atoms. The van der Waals surface area contributed by atoms with E-state index in [2.05, 4.69) is 26.8 Å². The summed E-state index contributed by atoms with van der Waals surface area (Å²) in [6.07, 6.45) is 7.53. The molecule has 4 heteroatoms. The minimum Gasteiger partial charge on any atom is -0.459 e. The summed E-state index contributed by atoms with van der Waals surface area (Å²) < 4.78 is 11.6. The highest BCUT2D eigenvalue weighted by Crippen LogP contribution is 2.48. The number of rotatable bonds is 0. The summed E-state index contributed by atoms with van der Waals surface area (Å²) in [5.74, 6) is -0.124. The van der Waals surface area contributed by atoms with E-state index in [4.69, 9.17) is 9.47 Å². The SMILES string of the molecule is C/C1=C\CC[C@@]2(C)O[C@@H]2C[C@@H]2[C@@H](OC(=O)[C@@H]2C)[C@H](O)[C@H](C)CCC1. The van der Waals surface area contributed by atoms with Crippen LogP contribution in [0.25, 0.3) is 0 Å². The highest BCUT2D eigenvalue weighted by atomic mass is 16.6. The molecule has 2 saturated heterocycles. The Bertz CT molecular complexity index is 514. The van der Waals surface area contributed by atoms with E-state index in [-0.39, 0.29) is 41.5 Å². The minimum absolute atomic E-state index is 0.0574. The molecule has 0 radical (unpaired) electrons. The fraction of sp³-hybridized carbons (Fsp3) is 0.850. The molecular weight excluding hydrogens is 304 g/mol. The van der Waals surface area contributed by atoms with Crippen molar-refractivity contribution in [3.8, 4) is 0 Å². The van der Waals surface area contributed by atoms with Crippen LogP contribution in [0, 0.1) is 17.8 Å². The van der Waals surface area contributed by atoms with Crippen molar-refractivity contribution >= 4 is 5.97 Å².